The molecule has 1 saturated heterocycles. The smallest absolute Gasteiger partial charge is 0.0165 e. The van der Waals surface area contributed by atoms with Gasteiger partial charge in [0.05, 0.1) is 0 Å². The maximum Gasteiger partial charge on any atom is 0.0165 e. The van der Waals surface area contributed by atoms with Crippen molar-refractivity contribution < 1.29 is 5.48 Å². The first-order valence-electron chi connectivity index (χ1n) is 2.86. The van der Waals surface area contributed by atoms with Gasteiger partial charge >= 0.3 is 0 Å². The molecule has 0 saturated carbocycles. The first-order valence-corrected chi connectivity index (χ1v) is 2.86. The number of piperidine rings is 1. The quantitative estimate of drug-likeness (QED) is 0.484. The lowest BCUT2D eigenvalue weighted by atomic mass is 10.1. The number of hydrogen-bond donors (Lipinski definition) is 2. The summed E-state index contributed by atoms with van der Waals surface area (Å²) < 4.78 is 0. The SMILES string of the molecule is Cl.N[C@H]1CCCNC1.O. The number of halogens is 1. The lowest BCUT2D eigenvalue weighted by Crippen LogP contribution is -2.39. The van der Waals surface area contributed by atoms with Crippen molar-refractivity contribution >= 4 is 12.4 Å². The molecular formula is C5H15ClN2O. The van der Waals surface area contributed by atoms with E-state index in [0.29, 0.717) is 6.04 Å². The maximum absolute atomic E-state index is 5.57. The molecule has 5 N–H and O–H groups in total. The van der Waals surface area contributed by atoms with E-state index in [-0.39, 0.29) is 17.9 Å². The Morgan fingerprint density at radius 2 is 2.11 bits per heavy atom. The highest BCUT2D eigenvalue weighted by molar-refractivity contribution is 5.85. The molecule has 9 heavy (non-hydrogen) atoms. The summed E-state index contributed by atoms with van der Waals surface area (Å²) in [6.07, 6.45) is 2.45. The van der Waals surface area contributed by atoms with E-state index in [0.717, 1.165) is 13.1 Å². The number of hydrogen-bond acceptors (Lipinski definition) is 2. The number of rotatable bonds is 0. The van der Waals surface area contributed by atoms with Gasteiger partial charge in [0.15, 0.2) is 0 Å². The second kappa shape index (κ2) is 6.29. The van der Waals surface area contributed by atoms with E-state index in [9.17, 15) is 0 Å². The van der Waals surface area contributed by atoms with Crippen molar-refractivity contribution in [1.82, 2.24) is 5.32 Å². The largest absolute Gasteiger partial charge is 0.412 e. The Morgan fingerprint density at radius 3 is 2.33 bits per heavy atom. The van der Waals surface area contributed by atoms with Crippen molar-refractivity contribution in [1.29, 1.82) is 0 Å². The molecule has 1 aliphatic heterocycles. The van der Waals surface area contributed by atoms with Crippen molar-refractivity contribution in [3.63, 3.8) is 0 Å². The summed E-state index contributed by atoms with van der Waals surface area (Å²) in [4.78, 5) is 0. The maximum atomic E-state index is 5.57. The first kappa shape index (κ1) is 11.9. The van der Waals surface area contributed by atoms with Gasteiger partial charge < -0.3 is 16.5 Å². The van der Waals surface area contributed by atoms with Gasteiger partial charge in [-0.05, 0) is 19.4 Å². The van der Waals surface area contributed by atoms with Crippen molar-refractivity contribution in [3.8, 4) is 0 Å². The van der Waals surface area contributed by atoms with Gasteiger partial charge in [-0.15, -0.1) is 12.4 Å². The standard InChI is InChI=1S/C5H12N2.ClH.H2O/c6-5-2-1-3-7-4-5;;/h5,7H,1-4,6H2;1H;1H2/t5-;;/m0../s1. The van der Waals surface area contributed by atoms with E-state index in [1.165, 1.54) is 12.8 Å². The summed E-state index contributed by atoms with van der Waals surface area (Å²) in [5.74, 6) is 0. The second-order valence-corrected chi connectivity index (χ2v) is 2.11. The van der Waals surface area contributed by atoms with E-state index in [2.05, 4.69) is 5.32 Å². The van der Waals surface area contributed by atoms with Crippen LogP contribution in [0, 0.1) is 0 Å². The van der Waals surface area contributed by atoms with Crippen LogP contribution in [0.3, 0.4) is 0 Å². The zero-order valence-corrected chi connectivity index (χ0v) is 6.21. The van der Waals surface area contributed by atoms with Crippen LogP contribution in [0.1, 0.15) is 12.8 Å². The molecule has 4 heteroatoms. The molecule has 3 nitrogen and oxygen atoms in total. The zero-order chi connectivity index (χ0) is 5.11. The van der Waals surface area contributed by atoms with Gasteiger partial charge in [-0.25, -0.2) is 0 Å². The molecule has 1 heterocycles. The molecule has 1 rings (SSSR count). The van der Waals surface area contributed by atoms with E-state index < -0.39 is 0 Å². The second-order valence-electron chi connectivity index (χ2n) is 2.11. The zero-order valence-electron chi connectivity index (χ0n) is 5.39. The highest BCUT2D eigenvalue weighted by Gasteiger charge is 2.05. The molecule has 1 aliphatic rings. The van der Waals surface area contributed by atoms with Crippen LogP contribution in [0.2, 0.25) is 0 Å². The van der Waals surface area contributed by atoms with Gasteiger partial charge in [0, 0.05) is 12.6 Å². The molecule has 0 unspecified atom stereocenters. The minimum absolute atomic E-state index is 0. The highest BCUT2D eigenvalue weighted by Crippen LogP contribution is 1.96. The van der Waals surface area contributed by atoms with E-state index in [4.69, 9.17) is 5.73 Å². The minimum Gasteiger partial charge on any atom is -0.412 e. The van der Waals surface area contributed by atoms with E-state index in [1.807, 2.05) is 0 Å². The summed E-state index contributed by atoms with van der Waals surface area (Å²) in [7, 11) is 0. The minimum atomic E-state index is 0. The van der Waals surface area contributed by atoms with Crippen molar-refractivity contribution in [3.05, 3.63) is 0 Å². The van der Waals surface area contributed by atoms with Crippen LogP contribution >= 0.6 is 12.4 Å². The Hall–Kier alpha value is 0.170. The third-order valence-electron chi connectivity index (χ3n) is 1.33. The van der Waals surface area contributed by atoms with Crippen LogP contribution in [0.4, 0.5) is 0 Å². The molecule has 0 radical (unpaired) electrons. The van der Waals surface area contributed by atoms with Gasteiger partial charge in [0.2, 0.25) is 0 Å². The molecule has 0 aliphatic carbocycles. The van der Waals surface area contributed by atoms with Crippen LogP contribution in [0.15, 0.2) is 0 Å². The number of nitrogens with one attached hydrogen (secondary N) is 1. The Kier molecular flexibility index (Phi) is 8.32. The van der Waals surface area contributed by atoms with Crippen molar-refractivity contribution in [2.45, 2.75) is 18.9 Å². The van der Waals surface area contributed by atoms with Gasteiger partial charge in [-0.3, -0.25) is 0 Å². The molecule has 0 spiro atoms. The fourth-order valence-electron chi connectivity index (χ4n) is 0.879. The highest BCUT2D eigenvalue weighted by atomic mass is 35.5. The predicted octanol–water partition coefficient (Wildman–Crippen LogP) is -0.706. The van der Waals surface area contributed by atoms with Crippen LogP contribution in [0.25, 0.3) is 0 Å². The van der Waals surface area contributed by atoms with Gasteiger partial charge in [-0.1, -0.05) is 0 Å². The lowest BCUT2D eigenvalue weighted by Gasteiger charge is -2.17. The van der Waals surface area contributed by atoms with Crippen LogP contribution in [-0.4, -0.2) is 24.6 Å². The van der Waals surface area contributed by atoms with Crippen molar-refractivity contribution in [2.75, 3.05) is 13.1 Å². The fraction of sp³-hybridized carbons (Fsp3) is 1.00. The Labute approximate surface area is 61.7 Å². The Balaban J connectivity index is 0. The molecule has 1 atom stereocenters. The number of nitrogens with two attached hydrogens (primary N) is 1. The monoisotopic (exact) mass is 154 g/mol. The van der Waals surface area contributed by atoms with Gasteiger partial charge in [0.25, 0.3) is 0 Å². The summed E-state index contributed by atoms with van der Waals surface area (Å²) in [6.45, 7) is 2.17. The van der Waals surface area contributed by atoms with Gasteiger partial charge in [0.1, 0.15) is 0 Å². The molecule has 0 aromatic carbocycles. The first-order chi connectivity index (χ1) is 3.39. The van der Waals surface area contributed by atoms with Crippen LogP contribution in [0.5, 0.6) is 0 Å². The summed E-state index contributed by atoms with van der Waals surface area (Å²) in [5.41, 5.74) is 5.57. The summed E-state index contributed by atoms with van der Waals surface area (Å²) >= 11 is 0. The van der Waals surface area contributed by atoms with Gasteiger partial charge in [-0.2, -0.15) is 0 Å². The molecule has 0 aromatic rings. The molecule has 1 fully saturated rings. The third-order valence-corrected chi connectivity index (χ3v) is 1.33. The molecular weight excluding hydrogens is 140 g/mol. The normalized spacial score (nSPS) is 25.7. The van der Waals surface area contributed by atoms with Crippen LogP contribution in [-0.2, 0) is 0 Å². The van der Waals surface area contributed by atoms with E-state index in [1.54, 1.807) is 0 Å². The lowest BCUT2D eigenvalue weighted by molar-refractivity contribution is 0.459. The molecule has 58 valence electrons. The Morgan fingerprint density at radius 1 is 1.44 bits per heavy atom. The average molecular weight is 155 g/mol. The Bertz CT molecular complexity index is 56.9. The molecule has 0 bridgehead atoms. The molecule has 0 aromatic heterocycles. The van der Waals surface area contributed by atoms with Crippen molar-refractivity contribution in [2.24, 2.45) is 5.73 Å². The van der Waals surface area contributed by atoms with E-state index >= 15 is 0 Å². The predicted molar refractivity (Wildman–Crippen MR) is 40.9 cm³/mol. The topological polar surface area (TPSA) is 69.5 Å². The average Bonchev–Trinajstić information content (AvgIpc) is 1.69. The summed E-state index contributed by atoms with van der Waals surface area (Å²) in [6, 6.07) is 0.425. The van der Waals surface area contributed by atoms with Crippen LogP contribution < -0.4 is 11.1 Å². The fourth-order valence-corrected chi connectivity index (χ4v) is 0.879. The summed E-state index contributed by atoms with van der Waals surface area (Å²) in [5, 5.41) is 3.21. The molecule has 0 amide bonds. The third kappa shape index (κ3) is 4.66.